The summed E-state index contributed by atoms with van der Waals surface area (Å²) in [6.07, 6.45) is 0. The summed E-state index contributed by atoms with van der Waals surface area (Å²) in [4.78, 5) is 9.45. The van der Waals surface area contributed by atoms with Gasteiger partial charge in [-0.2, -0.15) is 0 Å². The summed E-state index contributed by atoms with van der Waals surface area (Å²) in [6.45, 7) is 12.5. The van der Waals surface area contributed by atoms with Crippen LogP contribution in [-0.2, 0) is 6.54 Å². The van der Waals surface area contributed by atoms with Crippen LogP contribution in [-0.4, -0.2) is 54.6 Å². The summed E-state index contributed by atoms with van der Waals surface area (Å²) in [7, 11) is 1.52. The van der Waals surface area contributed by atoms with E-state index in [-0.39, 0.29) is 5.82 Å². The van der Waals surface area contributed by atoms with Crippen molar-refractivity contribution in [2.45, 2.75) is 27.3 Å². The van der Waals surface area contributed by atoms with Crippen molar-refractivity contribution in [3.05, 3.63) is 35.5 Å². The molecule has 6 heteroatoms. The van der Waals surface area contributed by atoms with Gasteiger partial charge in [0, 0.05) is 45.3 Å². The van der Waals surface area contributed by atoms with E-state index in [0.717, 1.165) is 50.7 Å². The minimum Gasteiger partial charge on any atom is -0.497 e. The molecule has 0 atom stereocenters. The van der Waals surface area contributed by atoms with Crippen LogP contribution in [0.2, 0.25) is 0 Å². The molecule has 1 aliphatic rings. The van der Waals surface area contributed by atoms with E-state index in [1.54, 1.807) is 12.1 Å². The van der Waals surface area contributed by atoms with Crippen molar-refractivity contribution < 1.29 is 13.5 Å². The van der Waals surface area contributed by atoms with Gasteiger partial charge < -0.3 is 14.1 Å². The lowest BCUT2D eigenvalue weighted by Crippen LogP contribution is -2.46. The van der Waals surface area contributed by atoms with Crippen LogP contribution in [0.3, 0.4) is 0 Å². The smallest absolute Gasteiger partial charge is 0.229 e. The Bertz CT molecular complexity index is 737. The number of methoxy groups -OCH3 is 1. The van der Waals surface area contributed by atoms with Gasteiger partial charge in [-0.15, -0.1) is 0 Å². The molecule has 0 radical (unpaired) electrons. The Morgan fingerprint density at radius 2 is 1.88 bits per heavy atom. The number of aryl methyl sites for hydroxylation is 1. The maximum absolute atomic E-state index is 14.3. The van der Waals surface area contributed by atoms with Crippen LogP contribution in [0.25, 0.3) is 11.5 Å². The Labute approximate surface area is 154 Å². The third kappa shape index (κ3) is 4.43. The molecule has 0 aliphatic carbocycles. The van der Waals surface area contributed by atoms with Gasteiger partial charge in [0.05, 0.1) is 18.4 Å². The molecule has 1 aromatic carbocycles. The fourth-order valence-electron chi connectivity index (χ4n) is 3.34. The first-order valence-electron chi connectivity index (χ1n) is 9.21. The van der Waals surface area contributed by atoms with Crippen molar-refractivity contribution in [3.63, 3.8) is 0 Å². The summed E-state index contributed by atoms with van der Waals surface area (Å²) < 4.78 is 25.1. The Morgan fingerprint density at radius 3 is 2.50 bits per heavy atom. The lowest BCUT2D eigenvalue weighted by molar-refractivity contribution is 0.116. The number of nitrogens with zero attached hydrogens (tertiary/aromatic N) is 3. The van der Waals surface area contributed by atoms with Gasteiger partial charge in [-0.3, -0.25) is 4.90 Å². The topological polar surface area (TPSA) is 41.7 Å². The SMILES string of the molecule is COc1ccc(-c2nc(CN3CCN(CC(C)C)CC3)c(C)o2)c(F)c1. The molecule has 1 aromatic heterocycles. The number of hydrogen-bond donors (Lipinski definition) is 0. The molecule has 1 aliphatic heterocycles. The second-order valence-electron chi connectivity index (χ2n) is 7.34. The van der Waals surface area contributed by atoms with Gasteiger partial charge >= 0.3 is 0 Å². The van der Waals surface area contributed by atoms with E-state index < -0.39 is 0 Å². The minimum atomic E-state index is -0.389. The number of hydrogen-bond acceptors (Lipinski definition) is 5. The molecule has 2 aromatic rings. The zero-order valence-electron chi connectivity index (χ0n) is 16.1. The summed E-state index contributed by atoms with van der Waals surface area (Å²) in [5, 5.41) is 0. The van der Waals surface area contributed by atoms with Crippen LogP contribution in [0.1, 0.15) is 25.3 Å². The quantitative estimate of drug-likeness (QED) is 0.787. The molecule has 2 heterocycles. The normalized spacial score (nSPS) is 16.4. The molecule has 0 unspecified atom stereocenters. The Kier molecular flexibility index (Phi) is 5.94. The molecular formula is C20H28FN3O2. The summed E-state index contributed by atoms with van der Waals surface area (Å²) in [6, 6.07) is 4.71. The Morgan fingerprint density at radius 1 is 1.19 bits per heavy atom. The van der Waals surface area contributed by atoms with Crippen molar-refractivity contribution in [3.8, 4) is 17.2 Å². The zero-order valence-corrected chi connectivity index (χ0v) is 16.1. The van der Waals surface area contributed by atoms with E-state index in [2.05, 4.69) is 28.6 Å². The van der Waals surface area contributed by atoms with Crippen molar-refractivity contribution >= 4 is 0 Å². The highest BCUT2D eigenvalue weighted by atomic mass is 19.1. The number of benzene rings is 1. The van der Waals surface area contributed by atoms with Gasteiger partial charge in [0.25, 0.3) is 0 Å². The van der Waals surface area contributed by atoms with Gasteiger partial charge in [-0.1, -0.05) is 13.8 Å². The fraction of sp³-hybridized carbons (Fsp3) is 0.550. The monoisotopic (exact) mass is 361 g/mol. The minimum absolute atomic E-state index is 0.330. The van der Waals surface area contributed by atoms with E-state index in [0.29, 0.717) is 23.1 Å². The van der Waals surface area contributed by atoms with Crippen LogP contribution in [0.5, 0.6) is 5.75 Å². The molecule has 0 saturated carbocycles. The summed E-state index contributed by atoms with van der Waals surface area (Å²) in [5.41, 5.74) is 1.24. The number of ether oxygens (including phenoxy) is 1. The van der Waals surface area contributed by atoms with Gasteiger partial charge in [-0.05, 0) is 25.0 Å². The van der Waals surface area contributed by atoms with Crippen LogP contribution >= 0.6 is 0 Å². The van der Waals surface area contributed by atoms with E-state index in [4.69, 9.17) is 9.15 Å². The molecule has 0 amide bonds. The van der Waals surface area contributed by atoms with Gasteiger partial charge in [-0.25, -0.2) is 9.37 Å². The highest BCUT2D eigenvalue weighted by molar-refractivity contribution is 5.56. The average molecular weight is 361 g/mol. The fourth-order valence-corrected chi connectivity index (χ4v) is 3.34. The Balaban J connectivity index is 1.66. The first-order chi connectivity index (χ1) is 12.5. The predicted molar refractivity (Wildman–Crippen MR) is 99.7 cm³/mol. The number of rotatable bonds is 6. The molecular weight excluding hydrogens is 333 g/mol. The summed E-state index contributed by atoms with van der Waals surface area (Å²) >= 11 is 0. The molecule has 3 rings (SSSR count). The third-order valence-electron chi connectivity index (χ3n) is 4.76. The maximum atomic E-state index is 14.3. The van der Waals surface area contributed by atoms with E-state index in [9.17, 15) is 4.39 Å². The van der Waals surface area contributed by atoms with Crippen LogP contribution < -0.4 is 4.74 Å². The number of halogens is 1. The molecule has 142 valence electrons. The van der Waals surface area contributed by atoms with Crippen molar-refractivity contribution in [1.29, 1.82) is 0 Å². The molecule has 5 nitrogen and oxygen atoms in total. The summed E-state index contributed by atoms with van der Waals surface area (Å²) in [5.74, 6) is 1.87. The van der Waals surface area contributed by atoms with Gasteiger partial charge in [0.1, 0.15) is 17.3 Å². The molecule has 1 fully saturated rings. The largest absolute Gasteiger partial charge is 0.497 e. The molecule has 26 heavy (non-hydrogen) atoms. The van der Waals surface area contributed by atoms with Crippen LogP contribution in [0, 0.1) is 18.7 Å². The zero-order chi connectivity index (χ0) is 18.7. The van der Waals surface area contributed by atoms with Crippen molar-refractivity contribution in [2.24, 2.45) is 5.92 Å². The number of aromatic nitrogens is 1. The lowest BCUT2D eigenvalue weighted by atomic mass is 10.2. The molecule has 0 N–H and O–H groups in total. The van der Waals surface area contributed by atoms with Crippen molar-refractivity contribution in [1.82, 2.24) is 14.8 Å². The Hall–Kier alpha value is -1.92. The highest BCUT2D eigenvalue weighted by Gasteiger charge is 2.21. The number of oxazole rings is 1. The second kappa shape index (κ2) is 8.18. The lowest BCUT2D eigenvalue weighted by Gasteiger charge is -2.35. The van der Waals surface area contributed by atoms with Crippen LogP contribution in [0.15, 0.2) is 22.6 Å². The predicted octanol–water partition coefficient (Wildman–Crippen LogP) is 3.57. The van der Waals surface area contributed by atoms with E-state index >= 15 is 0 Å². The average Bonchev–Trinajstić information content (AvgIpc) is 2.96. The number of piperazine rings is 1. The molecule has 0 bridgehead atoms. The maximum Gasteiger partial charge on any atom is 0.229 e. The second-order valence-corrected chi connectivity index (χ2v) is 7.34. The van der Waals surface area contributed by atoms with E-state index in [1.807, 2.05) is 6.92 Å². The first kappa shape index (κ1) is 18.9. The highest BCUT2D eigenvalue weighted by Crippen LogP contribution is 2.27. The van der Waals surface area contributed by atoms with Crippen molar-refractivity contribution in [2.75, 3.05) is 39.8 Å². The molecule has 1 saturated heterocycles. The van der Waals surface area contributed by atoms with Gasteiger partial charge in [0.2, 0.25) is 5.89 Å². The van der Waals surface area contributed by atoms with Gasteiger partial charge in [0.15, 0.2) is 0 Å². The first-order valence-corrected chi connectivity index (χ1v) is 9.21. The standard InChI is InChI=1S/C20H28FN3O2/c1-14(2)12-23-7-9-24(10-8-23)13-19-15(3)26-20(22-19)17-6-5-16(25-4)11-18(17)21/h5-6,11,14H,7-10,12-13H2,1-4H3. The molecule has 0 spiro atoms. The van der Waals surface area contributed by atoms with Crippen LogP contribution in [0.4, 0.5) is 4.39 Å². The third-order valence-corrected chi connectivity index (χ3v) is 4.76. The van der Waals surface area contributed by atoms with E-state index in [1.165, 1.54) is 13.2 Å².